The normalized spacial score (nSPS) is 14.4. The van der Waals surface area contributed by atoms with Crippen molar-refractivity contribution in [2.24, 2.45) is 11.7 Å². The van der Waals surface area contributed by atoms with Crippen molar-refractivity contribution in [3.8, 4) is 5.75 Å². The number of carbonyl (C=O) groups is 5. The van der Waals surface area contributed by atoms with Crippen LogP contribution in [-0.4, -0.2) is 69.1 Å². The summed E-state index contributed by atoms with van der Waals surface area (Å²) in [4.78, 5) is 59.9. The number of benzene rings is 1. The van der Waals surface area contributed by atoms with Crippen LogP contribution in [-0.2, 0) is 30.4 Å². The van der Waals surface area contributed by atoms with E-state index in [-0.39, 0.29) is 25.0 Å². The number of aromatic hydroxyl groups is 1. The summed E-state index contributed by atoms with van der Waals surface area (Å²) in [5.41, 5.74) is 6.30. The van der Waals surface area contributed by atoms with Gasteiger partial charge < -0.3 is 37.0 Å². The number of carbonyl (C=O) groups excluding carboxylic acids is 3. The highest BCUT2D eigenvalue weighted by atomic mass is 16.4. The van der Waals surface area contributed by atoms with Gasteiger partial charge in [-0.15, -0.1) is 0 Å². The van der Waals surface area contributed by atoms with Gasteiger partial charge in [0.25, 0.3) is 0 Å². The molecule has 188 valence electrons. The number of nitrogens with two attached hydrogens (primary N) is 1. The van der Waals surface area contributed by atoms with Crippen LogP contribution in [0.4, 0.5) is 0 Å². The van der Waals surface area contributed by atoms with E-state index in [1.165, 1.54) is 19.1 Å². The average Bonchev–Trinajstić information content (AvgIpc) is 2.75. The number of hydrogen-bond acceptors (Lipinski definition) is 7. The third-order valence-corrected chi connectivity index (χ3v) is 4.99. The third kappa shape index (κ3) is 9.45. The SMILES string of the molecule is CC(NC(=O)C(Cc1ccc(O)cc1)NC(=O)C(NC(=O)C(N)CCC(=O)O)C(C)C)C(=O)O. The van der Waals surface area contributed by atoms with Gasteiger partial charge in [0.1, 0.15) is 23.9 Å². The van der Waals surface area contributed by atoms with Crippen LogP contribution in [0, 0.1) is 5.92 Å². The number of carboxylic acids is 2. The number of nitrogens with one attached hydrogen (secondary N) is 3. The summed E-state index contributed by atoms with van der Waals surface area (Å²) in [7, 11) is 0. The van der Waals surface area contributed by atoms with Gasteiger partial charge in [-0.1, -0.05) is 26.0 Å². The van der Waals surface area contributed by atoms with Crippen molar-refractivity contribution in [1.82, 2.24) is 16.0 Å². The fraction of sp³-hybridized carbons (Fsp3) is 0.500. The van der Waals surface area contributed by atoms with Gasteiger partial charge in [0, 0.05) is 12.8 Å². The lowest BCUT2D eigenvalue weighted by molar-refractivity contribution is -0.142. The van der Waals surface area contributed by atoms with Crippen molar-refractivity contribution in [3.63, 3.8) is 0 Å². The molecule has 12 nitrogen and oxygen atoms in total. The Hall–Kier alpha value is -3.67. The Morgan fingerprint density at radius 1 is 0.882 bits per heavy atom. The molecule has 0 aliphatic heterocycles. The smallest absolute Gasteiger partial charge is 0.325 e. The molecule has 0 bridgehead atoms. The summed E-state index contributed by atoms with van der Waals surface area (Å²) in [6.45, 7) is 4.60. The van der Waals surface area contributed by atoms with Crippen molar-refractivity contribution < 1.29 is 39.3 Å². The molecule has 0 saturated heterocycles. The molecule has 0 aliphatic carbocycles. The van der Waals surface area contributed by atoms with Gasteiger partial charge in [-0.3, -0.25) is 24.0 Å². The van der Waals surface area contributed by atoms with Gasteiger partial charge in [-0.25, -0.2) is 0 Å². The number of phenols is 1. The fourth-order valence-corrected chi connectivity index (χ4v) is 2.92. The van der Waals surface area contributed by atoms with E-state index < -0.39 is 59.7 Å². The van der Waals surface area contributed by atoms with Crippen molar-refractivity contribution in [3.05, 3.63) is 29.8 Å². The van der Waals surface area contributed by atoms with Crippen LogP contribution in [0.2, 0.25) is 0 Å². The van der Waals surface area contributed by atoms with Crippen molar-refractivity contribution in [1.29, 1.82) is 0 Å². The van der Waals surface area contributed by atoms with E-state index in [9.17, 15) is 29.1 Å². The number of aliphatic carboxylic acids is 2. The van der Waals surface area contributed by atoms with E-state index in [4.69, 9.17) is 15.9 Å². The second kappa shape index (κ2) is 13.1. The van der Waals surface area contributed by atoms with Gasteiger partial charge in [-0.05, 0) is 37.0 Å². The van der Waals surface area contributed by atoms with Crippen molar-refractivity contribution in [2.75, 3.05) is 0 Å². The molecule has 0 heterocycles. The van der Waals surface area contributed by atoms with Gasteiger partial charge in [-0.2, -0.15) is 0 Å². The molecule has 12 heteroatoms. The Bertz CT molecular complexity index is 887. The molecule has 0 fully saturated rings. The molecule has 4 unspecified atom stereocenters. The molecule has 0 aromatic heterocycles. The summed E-state index contributed by atoms with van der Waals surface area (Å²) in [6, 6.07) is 1.28. The Morgan fingerprint density at radius 2 is 1.47 bits per heavy atom. The molecular formula is C22H32N4O8. The topological polar surface area (TPSA) is 208 Å². The monoisotopic (exact) mass is 480 g/mol. The third-order valence-electron chi connectivity index (χ3n) is 4.99. The second-order valence-electron chi connectivity index (χ2n) is 8.27. The molecule has 0 spiro atoms. The summed E-state index contributed by atoms with van der Waals surface area (Å²) >= 11 is 0. The van der Waals surface area contributed by atoms with Crippen LogP contribution in [0.25, 0.3) is 0 Å². The lowest BCUT2D eigenvalue weighted by Crippen LogP contribution is -2.58. The Labute approximate surface area is 196 Å². The molecule has 34 heavy (non-hydrogen) atoms. The predicted octanol–water partition coefficient (Wildman–Crippen LogP) is -0.658. The highest BCUT2D eigenvalue weighted by molar-refractivity contribution is 5.94. The molecule has 1 rings (SSSR count). The number of rotatable bonds is 13. The zero-order valence-electron chi connectivity index (χ0n) is 19.3. The minimum atomic E-state index is -1.26. The van der Waals surface area contributed by atoms with E-state index in [0.29, 0.717) is 5.56 Å². The van der Waals surface area contributed by atoms with Crippen LogP contribution in [0.5, 0.6) is 5.75 Å². The minimum Gasteiger partial charge on any atom is -0.508 e. The summed E-state index contributed by atoms with van der Waals surface area (Å²) < 4.78 is 0. The molecule has 1 aromatic carbocycles. The van der Waals surface area contributed by atoms with Gasteiger partial charge >= 0.3 is 11.9 Å². The maximum absolute atomic E-state index is 13.0. The van der Waals surface area contributed by atoms with E-state index in [1.54, 1.807) is 26.0 Å². The zero-order valence-corrected chi connectivity index (χ0v) is 19.3. The molecule has 3 amide bonds. The highest BCUT2D eigenvalue weighted by Gasteiger charge is 2.31. The molecule has 8 N–H and O–H groups in total. The first-order chi connectivity index (χ1) is 15.8. The van der Waals surface area contributed by atoms with E-state index >= 15 is 0 Å². The highest BCUT2D eigenvalue weighted by Crippen LogP contribution is 2.12. The van der Waals surface area contributed by atoms with Crippen molar-refractivity contribution in [2.45, 2.75) is 64.2 Å². The molecule has 0 saturated carbocycles. The number of phenolic OH excluding ortho intramolecular Hbond substituents is 1. The first-order valence-corrected chi connectivity index (χ1v) is 10.7. The standard InChI is InChI=1S/C22H32N4O8/c1-11(2)18(26-19(30)15(23)8-9-17(28)29)21(32)25-16(20(31)24-12(3)22(33)34)10-13-4-6-14(27)7-5-13/h4-7,11-12,15-16,18,27H,8-10,23H2,1-3H3,(H,24,31)(H,25,32)(H,26,30)(H,28,29)(H,33,34). The molecule has 0 aliphatic rings. The van der Waals surface area contributed by atoms with Crippen molar-refractivity contribution >= 4 is 29.7 Å². The predicted molar refractivity (Wildman–Crippen MR) is 121 cm³/mol. The first-order valence-electron chi connectivity index (χ1n) is 10.7. The van der Waals surface area contributed by atoms with Gasteiger partial charge in [0.15, 0.2) is 0 Å². The lowest BCUT2D eigenvalue weighted by atomic mass is 10.00. The van der Waals surface area contributed by atoms with Crippen LogP contribution in [0.3, 0.4) is 0 Å². The van der Waals surface area contributed by atoms with Gasteiger partial charge in [0.2, 0.25) is 17.7 Å². The minimum absolute atomic E-state index is 0.00936. The van der Waals surface area contributed by atoms with Crippen LogP contribution < -0.4 is 21.7 Å². The Morgan fingerprint density at radius 3 is 1.97 bits per heavy atom. The van der Waals surface area contributed by atoms with E-state index in [0.717, 1.165) is 0 Å². The molecule has 4 atom stereocenters. The second-order valence-corrected chi connectivity index (χ2v) is 8.27. The summed E-state index contributed by atoms with van der Waals surface area (Å²) in [6.07, 6.45) is -0.447. The quantitative estimate of drug-likeness (QED) is 0.191. The number of amides is 3. The molecular weight excluding hydrogens is 448 g/mol. The maximum Gasteiger partial charge on any atom is 0.325 e. The zero-order chi connectivity index (χ0) is 26.0. The van der Waals surface area contributed by atoms with Crippen LogP contribution in [0.1, 0.15) is 39.2 Å². The summed E-state index contributed by atoms with van der Waals surface area (Å²) in [5, 5.41) is 34.6. The Balaban J connectivity index is 3.01. The largest absolute Gasteiger partial charge is 0.508 e. The van der Waals surface area contributed by atoms with E-state index in [2.05, 4.69) is 16.0 Å². The van der Waals surface area contributed by atoms with E-state index in [1.807, 2.05) is 0 Å². The molecule has 1 aromatic rings. The summed E-state index contributed by atoms with van der Waals surface area (Å²) in [5.74, 6) is -4.93. The fourth-order valence-electron chi connectivity index (χ4n) is 2.92. The average molecular weight is 481 g/mol. The first kappa shape index (κ1) is 28.4. The van der Waals surface area contributed by atoms with Gasteiger partial charge in [0.05, 0.1) is 6.04 Å². The Kier molecular flexibility index (Phi) is 11.0. The number of hydrogen-bond donors (Lipinski definition) is 7. The molecule has 0 radical (unpaired) electrons. The lowest BCUT2D eigenvalue weighted by Gasteiger charge is -2.26. The van der Waals surface area contributed by atoms with Crippen LogP contribution >= 0.6 is 0 Å². The number of carboxylic acid groups (broad SMARTS) is 2. The maximum atomic E-state index is 13.0. The van der Waals surface area contributed by atoms with Crippen LogP contribution in [0.15, 0.2) is 24.3 Å².